The van der Waals surface area contributed by atoms with E-state index in [9.17, 15) is 9.59 Å². The molecule has 2 aromatic rings. The maximum Gasteiger partial charge on any atom is 0.246 e. The van der Waals surface area contributed by atoms with Gasteiger partial charge < -0.3 is 14.2 Å². The van der Waals surface area contributed by atoms with Crippen LogP contribution in [0.2, 0.25) is 0 Å². The van der Waals surface area contributed by atoms with E-state index in [0.717, 1.165) is 0 Å². The highest BCUT2D eigenvalue weighted by atomic mass is 16.7. The lowest BCUT2D eigenvalue weighted by molar-refractivity contribution is -0.133. The quantitative estimate of drug-likeness (QED) is 0.185. The molecule has 0 bridgehead atoms. The molecule has 0 heterocycles. The van der Waals surface area contributed by atoms with Gasteiger partial charge in [-0.15, -0.1) is 0 Å². The second-order valence-electron chi connectivity index (χ2n) is 6.59. The number of hydrogen-bond donors (Lipinski definition) is 2. The smallest absolute Gasteiger partial charge is 0.246 e. The van der Waals surface area contributed by atoms with E-state index in [2.05, 4.69) is 0 Å². The number of para-hydroxylation sites is 1. The van der Waals surface area contributed by atoms with Gasteiger partial charge in [-0.3, -0.25) is 14.8 Å². The van der Waals surface area contributed by atoms with Crippen LogP contribution in [0.4, 0.5) is 0 Å². The molecule has 0 saturated carbocycles. The van der Waals surface area contributed by atoms with E-state index in [1.165, 1.54) is 0 Å². The SMILES string of the molecule is CCOCOC[C@H](C[C@H](C)C(=O)NO)C(=O)c1ccc(Oc2ccccc2)cc1. The van der Waals surface area contributed by atoms with Crippen LogP contribution >= 0.6 is 0 Å². The van der Waals surface area contributed by atoms with Crippen molar-refractivity contribution in [2.24, 2.45) is 11.8 Å². The molecule has 7 heteroatoms. The van der Waals surface area contributed by atoms with Crippen molar-refractivity contribution in [1.82, 2.24) is 5.48 Å². The summed E-state index contributed by atoms with van der Waals surface area (Å²) in [6.07, 6.45) is 0.236. The van der Waals surface area contributed by atoms with Crippen LogP contribution in [-0.4, -0.2) is 36.9 Å². The van der Waals surface area contributed by atoms with Gasteiger partial charge in [-0.2, -0.15) is 0 Å². The van der Waals surface area contributed by atoms with Crippen LogP contribution in [-0.2, 0) is 14.3 Å². The summed E-state index contributed by atoms with van der Waals surface area (Å²) in [6.45, 7) is 4.18. The number of Topliss-reactive ketones (excluding diaryl/α,β-unsaturated/α-hetero) is 1. The van der Waals surface area contributed by atoms with Gasteiger partial charge in [0.05, 0.1) is 6.61 Å². The lowest BCUT2D eigenvalue weighted by Gasteiger charge is -2.19. The Morgan fingerprint density at radius 1 is 1.00 bits per heavy atom. The van der Waals surface area contributed by atoms with Crippen molar-refractivity contribution in [3.05, 3.63) is 60.2 Å². The Hall–Kier alpha value is -2.74. The average molecular weight is 401 g/mol. The number of rotatable bonds is 12. The molecule has 2 N–H and O–H groups in total. The first-order valence-electron chi connectivity index (χ1n) is 9.51. The molecule has 0 aliphatic carbocycles. The molecule has 0 saturated heterocycles. The minimum Gasteiger partial charge on any atom is -0.457 e. The van der Waals surface area contributed by atoms with E-state index in [-0.39, 0.29) is 25.6 Å². The highest BCUT2D eigenvalue weighted by Crippen LogP contribution is 2.24. The molecule has 0 fully saturated rings. The van der Waals surface area contributed by atoms with Crippen LogP contribution in [0.1, 0.15) is 30.6 Å². The van der Waals surface area contributed by atoms with E-state index in [1.54, 1.807) is 36.7 Å². The molecule has 1 amide bonds. The van der Waals surface area contributed by atoms with E-state index < -0.39 is 17.7 Å². The summed E-state index contributed by atoms with van der Waals surface area (Å²) >= 11 is 0. The number of ether oxygens (including phenoxy) is 3. The molecule has 7 nitrogen and oxygen atoms in total. The number of carbonyl (C=O) groups is 2. The van der Waals surface area contributed by atoms with Crippen molar-refractivity contribution in [3.63, 3.8) is 0 Å². The highest BCUT2D eigenvalue weighted by Gasteiger charge is 2.26. The van der Waals surface area contributed by atoms with Crippen molar-refractivity contribution < 1.29 is 29.0 Å². The predicted molar refractivity (Wildman–Crippen MR) is 107 cm³/mol. The summed E-state index contributed by atoms with van der Waals surface area (Å²) < 4.78 is 16.3. The van der Waals surface area contributed by atoms with Crippen LogP contribution in [0.5, 0.6) is 11.5 Å². The number of carbonyl (C=O) groups excluding carboxylic acids is 2. The molecule has 0 spiro atoms. The fourth-order valence-electron chi connectivity index (χ4n) is 2.77. The number of nitrogens with one attached hydrogen (secondary N) is 1. The van der Waals surface area contributed by atoms with Crippen molar-refractivity contribution in [2.45, 2.75) is 20.3 Å². The number of hydrogen-bond acceptors (Lipinski definition) is 6. The Bertz CT molecular complexity index is 763. The predicted octanol–water partition coefficient (Wildman–Crippen LogP) is 3.82. The third-order valence-corrected chi connectivity index (χ3v) is 4.37. The van der Waals surface area contributed by atoms with Gasteiger partial charge >= 0.3 is 0 Å². The van der Waals surface area contributed by atoms with E-state index in [0.29, 0.717) is 23.7 Å². The first-order chi connectivity index (χ1) is 14.0. The third-order valence-electron chi connectivity index (χ3n) is 4.37. The van der Waals surface area contributed by atoms with Crippen LogP contribution in [0.15, 0.2) is 54.6 Å². The zero-order chi connectivity index (χ0) is 21.1. The Morgan fingerprint density at radius 3 is 2.28 bits per heavy atom. The van der Waals surface area contributed by atoms with Gasteiger partial charge in [-0.25, -0.2) is 5.48 Å². The molecule has 2 rings (SSSR count). The van der Waals surface area contributed by atoms with Gasteiger partial charge in [-0.05, 0) is 49.7 Å². The fraction of sp³-hybridized carbons (Fsp3) is 0.364. The van der Waals surface area contributed by atoms with Gasteiger partial charge in [0.2, 0.25) is 5.91 Å². The minimum absolute atomic E-state index is 0.0741. The molecule has 2 aromatic carbocycles. The van der Waals surface area contributed by atoms with Crippen molar-refractivity contribution >= 4 is 11.7 Å². The summed E-state index contributed by atoms with van der Waals surface area (Å²) in [4.78, 5) is 24.6. The van der Waals surface area contributed by atoms with E-state index >= 15 is 0 Å². The number of benzene rings is 2. The summed E-state index contributed by atoms with van der Waals surface area (Å²) in [5.41, 5.74) is 2.12. The average Bonchev–Trinajstić information content (AvgIpc) is 2.76. The molecule has 0 aromatic heterocycles. The second-order valence-corrected chi connectivity index (χ2v) is 6.59. The summed E-state index contributed by atoms with van der Waals surface area (Å²) in [5, 5.41) is 8.82. The monoisotopic (exact) mass is 401 g/mol. The Kier molecular flexibility index (Phi) is 9.30. The maximum absolute atomic E-state index is 13.0. The van der Waals surface area contributed by atoms with Gasteiger partial charge in [0.25, 0.3) is 0 Å². The molecule has 0 radical (unpaired) electrons. The zero-order valence-corrected chi connectivity index (χ0v) is 16.7. The van der Waals surface area contributed by atoms with Gasteiger partial charge in [0.1, 0.15) is 18.3 Å². The topological polar surface area (TPSA) is 94.1 Å². The molecule has 0 aliphatic heterocycles. The van der Waals surface area contributed by atoms with Crippen LogP contribution < -0.4 is 10.2 Å². The first kappa shape index (κ1) is 22.5. The Labute approximate surface area is 170 Å². The van der Waals surface area contributed by atoms with Crippen LogP contribution in [0.3, 0.4) is 0 Å². The van der Waals surface area contributed by atoms with Crippen molar-refractivity contribution in [1.29, 1.82) is 0 Å². The third kappa shape index (κ3) is 7.30. The second kappa shape index (κ2) is 12.0. The lowest BCUT2D eigenvalue weighted by Crippen LogP contribution is -2.31. The van der Waals surface area contributed by atoms with E-state index in [1.807, 2.05) is 37.3 Å². The zero-order valence-electron chi connectivity index (χ0n) is 16.7. The number of amides is 1. The van der Waals surface area contributed by atoms with Crippen LogP contribution in [0.25, 0.3) is 0 Å². The molecule has 156 valence electrons. The normalized spacial score (nSPS) is 12.8. The first-order valence-corrected chi connectivity index (χ1v) is 9.51. The van der Waals surface area contributed by atoms with Gasteiger partial charge in [0.15, 0.2) is 5.78 Å². The Balaban J connectivity index is 2.06. The lowest BCUT2D eigenvalue weighted by atomic mass is 9.89. The van der Waals surface area contributed by atoms with Crippen LogP contribution in [0, 0.1) is 11.8 Å². The number of ketones is 1. The largest absolute Gasteiger partial charge is 0.457 e. The molecular weight excluding hydrogens is 374 g/mol. The maximum atomic E-state index is 13.0. The summed E-state index contributed by atoms with van der Waals surface area (Å²) in [7, 11) is 0. The highest BCUT2D eigenvalue weighted by molar-refractivity contribution is 5.98. The molecule has 0 unspecified atom stereocenters. The number of hydroxylamine groups is 1. The van der Waals surface area contributed by atoms with Gasteiger partial charge in [0, 0.05) is 24.0 Å². The fourth-order valence-corrected chi connectivity index (χ4v) is 2.77. The molecule has 0 aliphatic rings. The molecule has 29 heavy (non-hydrogen) atoms. The minimum atomic E-state index is -0.552. The Morgan fingerprint density at radius 2 is 1.66 bits per heavy atom. The summed E-state index contributed by atoms with van der Waals surface area (Å²) in [6, 6.07) is 16.2. The summed E-state index contributed by atoms with van der Waals surface area (Å²) in [5.74, 6) is -0.471. The van der Waals surface area contributed by atoms with Crippen molar-refractivity contribution in [2.75, 3.05) is 20.0 Å². The van der Waals surface area contributed by atoms with E-state index in [4.69, 9.17) is 19.4 Å². The molecular formula is C22H27NO6. The molecule has 2 atom stereocenters. The van der Waals surface area contributed by atoms with Crippen molar-refractivity contribution in [3.8, 4) is 11.5 Å². The standard InChI is InChI=1S/C22H27NO6/c1-3-27-15-28-14-18(13-16(2)22(25)23-26)21(24)17-9-11-20(12-10-17)29-19-7-5-4-6-8-19/h4-12,16,18,26H,3,13-15H2,1-2H3,(H,23,25)/t16-,18-/m0/s1. The van der Waals surface area contributed by atoms with Gasteiger partial charge in [-0.1, -0.05) is 25.1 Å².